The molecule has 2 fully saturated rings. The van der Waals surface area contributed by atoms with Gasteiger partial charge >= 0.3 is 0 Å². The van der Waals surface area contributed by atoms with Gasteiger partial charge in [0, 0.05) is 80.5 Å². The van der Waals surface area contributed by atoms with Gasteiger partial charge in [-0.25, -0.2) is 13.8 Å². The number of piperazine rings is 1. The van der Waals surface area contributed by atoms with E-state index in [1.807, 2.05) is 0 Å². The summed E-state index contributed by atoms with van der Waals surface area (Å²) in [6.45, 7) is 5.92. The van der Waals surface area contributed by atoms with E-state index in [-0.39, 0.29) is 11.6 Å². The molecule has 6 rings (SSSR count). The van der Waals surface area contributed by atoms with Crippen molar-refractivity contribution in [3.8, 4) is 17.0 Å². The topological polar surface area (TPSA) is 94.3 Å². The molecule has 3 aliphatic rings. The molecular weight excluding hydrogens is 550 g/mol. The van der Waals surface area contributed by atoms with Crippen molar-refractivity contribution in [1.82, 2.24) is 20.1 Å². The lowest BCUT2D eigenvalue weighted by Gasteiger charge is -2.42. The lowest BCUT2D eigenvalue weighted by atomic mass is 9.96. The van der Waals surface area contributed by atoms with Gasteiger partial charge in [0.25, 0.3) is 0 Å². The van der Waals surface area contributed by atoms with Crippen LogP contribution in [0.3, 0.4) is 0 Å². The number of aromatic nitrogens is 1. The van der Waals surface area contributed by atoms with Crippen LogP contribution in [0, 0.1) is 11.6 Å². The number of pyridine rings is 1. The Morgan fingerprint density at radius 1 is 1.00 bits per heavy atom. The van der Waals surface area contributed by atoms with Gasteiger partial charge in [-0.1, -0.05) is 12.1 Å². The summed E-state index contributed by atoms with van der Waals surface area (Å²) in [7, 11) is 3.72. The van der Waals surface area contributed by atoms with E-state index in [1.54, 1.807) is 55.8 Å². The van der Waals surface area contributed by atoms with Gasteiger partial charge in [0.1, 0.15) is 23.2 Å². The Morgan fingerprint density at radius 3 is 2.51 bits per heavy atom. The number of nitrogens with two attached hydrogens (primary N) is 1. The number of rotatable bonds is 7. The minimum atomic E-state index is -1.39. The molecule has 2 aromatic carbocycles. The van der Waals surface area contributed by atoms with E-state index in [0.29, 0.717) is 45.8 Å². The van der Waals surface area contributed by atoms with Crippen molar-refractivity contribution in [3.63, 3.8) is 0 Å². The average molecular weight is 589 g/mol. The molecule has 0 spiro atoms. The summed E-state index contributed by atoms with van der Waals surface area (Å²) in [5, 5.41) is 6.30. The number of nitrogens with zero attached hydrogens (tertiary/aromatic N) is 5. The number of anilines is 2. The number of aliphatic imine (C=N–C) groups is 1. The maximum absolute atomic E-state index is 15.7. The second kappa shape index (κ2) is 12.3. The van der Waals surface area contributed by atoms with Crippen LogP contribution >= 0.6 is 0 Å². The fourth-order valence-corrected chi connectivity index (χ4v) is 6.13. The maximum Gasteiger partial charge on any atom is 0.162 e. The van der Waals surface area contributed by atoms with Crippen molar-refractivity contribution in [2.45, 2.75) is 24.5 Å². The summed E-state index contributed by atoms with van der Waals surface area (Å²) in [6, 6.07) is 13.7. The summed E-state index contributed by atoms with van der Waals surface area (Å²) in [6.07, 6.45) is 6.73. The van der Waals surface area contributed by atoms with E-state index < -0.39 is 5.66 Å². The Bertz CT molecular complexity index is 1510. The van der Waals surface area contributed by atoms with Gasteiger partial charge in [0.05, 0.1) is 24.8 Å². The molecule has 9 nitrogen and oxygen atoms in total. The van der Waals surface area contributed by atoms with Crippen LogP contribution in [0.15, 0.2) is 71.6 Å². The number of ether oxygens (including phenoxy) is 1. The molecule has 0 saturated carbocycles. The van der Waals surface area contributed by atoms with Crippen LogP contribution in [0.1, 0.15) is 18.4 Å². The van der Waals surface area contributed by atoms with E-state index in [0.717, 1.165) is 52.1 Å². The average Bonchev–Trinajstić information content (AvgIpc) is 3.02. The zero-order chi connectivity index (χ0) is 30.0. The molecule has 1 atom stereocenters. The monoisotopic (exact) mass is 588 g/mol. The van der Waals surface area contributed by atoms with Crippen LogP contribution in [0.5, 0.6) is 5.75 Å². The first kappa shape index (κ1) is 29.0. The molecule has 0 amide bonds. The van der Waals surface area contributed by atoms with E-state index >= 15 is 4.39 Å². The van der Waals surface area contributed by atoms with Gasteiger partial charge in [-0.3, -0.25) is 15.6 Å². The predicted octanol–water partition coefficient (Wildman–Crippen LogP) is 3.95. The predicted molar refractivity (Wildman–Crippen MR) is 166 cm³/mol. The van der Waals surface area contributed by atoms with E-state index in [1.165, 1.54) is 18.5 Å². The van der Waals surface area contributed by atoms with Crippen LogP contribution in [0.4, 0.5) is 20.2 Å². The summed E-state index contributed by atoms with van der Waals surface area (Å²) in [5.74, 6) is 0.271. The lowest BCUT2D eigenvalue weighted by Crippen LogP contribution is -2.52. The quantitative estimate of drug-likeness (QED) is 0.382. The normalized spacial score (nSPS) is 21.8. The maximum atomic E-state index is 15.7. The zero-order valence-corrected chi connectivity index (χ0v) is 24.6. The van der Waals surface area contributed by atoms with Gasteiger partial charge < -0.3 is 25.2 Å². The Kier molecular flexibility index (Phi) is 8.29. The molecule has 0 bridgehead atoms. The van der Waals surface area contributed by atoms with Gasteiger partial charge in [0.15, 0.2) is 5.66 Å². The molecular formula is C32H38F2N8O. The van der Waals surface area contributed by atoms with Crippen molar-refractivity contribution >= 4 is 17.7 Å². The highest BCUT2D eigenvalue weighted by Crippen LogP contribution is 2.38. The van der Waals surface area contributed by atoms with Crippen LogP contribution in [0.2, 0.25) is 0 Å². The number of nitrogens with one attached hydrogen (secondary N) is 2. The van der Waals surface area contributed by atoms with Crippen LogP contribution in [0.25, 0.3) is 11.3 Å². The smallest absolute Gasteiger partial charge is 0.162 e. The molecule has 3 aromatic rings. The number of hydrogen-bond acceptors (Lipinski definition) is 9. The number of methoxy groups -OCH3 is 1. The highest BCUT2D eigenvalue weighted by atomic mass is 19.1. The molecule has 4 N–H and O–H groups in total. The summed E-state index contributed by atoms with van der Waals surface area (Å²) >= 11 is 0. The summed E-state index contributed by atoms with van der Waals surface area (Å²) < 4.78 is 35.8. The number of likely N-dealkylation sites (N-methyl/N-ethyl adjacent to an activating group) is 1. The Labute approximate surface area is 251 Å². The molecule has 43 heavy (non-hydrogen) atoms. The first-order valence-corrected chi connectivity index (χ1v) is 14.7. The first-order valence-electron chi connectivity index (χ1n) is 14.7. The van der Waals surface area contributed by atoms with Crippen LogP contribution in [-0.2, 0) is 5.66 Å². The molecule has 11 heteroatoms. The zero-order valence-electron chi connectivity index (χ0n) is 24.6. The number of hydrogen-bond donors (Lipinski definition) is 3. The van der Waals surface area contributed by atoms with Gasteiger partial charge in [-0.2, -0.15) is 0 Å². The van der Waals surface area contributed by atoms with Crippen molar-refractivity contribution in [3.05, 3.63) is 83.8 Å². The van der Waals surface area contributed by atoms with Crippen molar-refractivity contribution in [2.75, 3.05) is 63.6 Å². The van der Waals surface area contributed by atoms with Gasteiger partial charge in [-0.15, -0.1) is 0 Å². The number of piperidine rings is 1. The molecule has 4 heterocycles. The largest absolute Gasteiger partial charge is 0.496 e. The van der Waals surface area contributed by atoms with Gasteiger partial charge in [0.2, 0.25) is 0 Å². The highest BCUT2D eigenvalue weighted by Gasteiger charge is 2.33. The third-order valence-corrected chi connectivity index (χ3v) is 8.61. The first-order chi connectivity index (χ1) is 20.8. The molecule has 1 unspecified atom stereocenters. The molecule has 0 aliphatic carbocycles. The third-order valence-electron chi connectivity index (χ3n) is 8.61. The van der Waals surface area contributed by atoms with Crippen LogP contribution < -0.4 is 26.0 Å². The Hall–Kier alpha value is -4.06. The second-order valence-corrected chi connectivity index (χ2v) is 11.4. The molecule has 3 aliphatic heterocycles. The highest BCUT2D eigenvalue weighted by molar-refractivity contribution is 5.69. The minimum Gasteiger partial charge on any atom is -0.496 e. The molecule has 226 valence electrons. The fourth-order valence-electron chi connectivity index (χ4n) is 6.13. The number of halogens is 2. The van der Waals surface area contributed by atoms with E-state index in [2.05, 4.69) is 42.4 Å². The standard InChI is InChI=1S/C32H38F2N8O/c1-40-13-15-41(16-14-40)23-8-11-42(12-9-23)29-19-30(43-2)25(18-27(29)34)32(35)20-31(37-21-38-32)39-22-7-10-36-28(17-22)24-5-3-4-6-26(24)33/h3-7,10,17-21,23H,8-9,11-16,35H2,1-2H3,(H,36,39)(H,37,38). The van der Waals surface area contributed by atoms with E-state index in [4.69, 9.17) is 10.5 Å². The van der Waals surface area contributed by atoms with E-state index in [9.17, 15) is 4.39 Å². The fraction of sp³-hybridized carbons (Fsp3) is 0.375. The van der Waals surface area contributed by atoms with Crippen molar-refractivity contribution in [1.29, 1.82) is 0 Å². The Balaban J connectivity index is 1.19. The van der Waals surface area contributed by atoms with Crippen LogP contribution in [-0.4, -0.2) is 80.6 Å². The molecule has 1 aromatic heterocycles. The third kappa shape index (κ3) is 6.20. The summed E-state index contributed by atoms with van der Waals surface area (Å²) in [4.78, 5) is 15.8. The second-order valence-electron chi connectivity index (χ2n) is 11.4. The summed E-state index contributed by atoms with van der Waals surface area (Å²) in [5.41, 5.74) is 7.84. The van der Waals surface area contributed by atoms with Crippen molar-refractivity contribution in [2.24, 2.45) is 10.7 Å². The Morgan fingerprint density at radius 2 is 1.77 bits per heavy atom. The van der Waals surface area contributed by atoms with Crippen molar-refractivity contribution < 1.29 is 13.5 Å². The van der Waals surface area contributed by atoms with Gasteiger partial charge in [-0.05, 0) is 50.2 Å². The molecule has 0 radical (unpaired) electrons. The molecule has 2 saturated heterocycles. The minimum absolute atomic E-state index is 0.354. The number of benzene rings is 2. The lowest BCUT2D eigenvalue weighted by molar-refractivity contribution is 0.0981. The SMILES string of the molecule is COc1cc(N2CCC(N3CCN(C)CC3)CC2)c(F)cc1C1(N)C=C(Nc2ccnc(-c3ccccc3F)c2)NC=N1.